The van der Waals surface area contributed by atoms with Crippen LogP contribution in [0.15, 0.2) is 41.1 Å². The molecule has 5 rings (SSSR count). The minimum atomic E-state index is -0.452. The fourth-order valence-corrected chi connectivity index (χ4v) is 4.00. The summed E-state index contributed by atoms with van der Waals surface area (Å²) >= 11 is 0. The van der Waals surface area contributed by atoms with Gasteiger partial charge in [0.2, 0.25) is 0 Å². The zero-order chi connectivity index (χ0) is 22.8. The predicted molar refractivity (Wildman–Crippen MR) is 119 cm³/mol. The van der Waals surface area contributed by atoms with E-state index in [1.54, 1.807) is 22.9 Å². The Hall–Kier alpha value is -3.86. The van der Waals surface area contributed by atoms with Crippen LogP contribution in [0.3, 0.4) is 0 Å². The van der Waals surface area contributed by atoms with Gasteiger partial charge in [-0.05, 0) is 55.3 Å². The van der Waals surface area contributed by atoms with Crippen LogP contribution < -0.4 is 16.0 Å². The second kappa shape index (κ2) is 8.94. The maximum Gasteiger partial charge on any atom is 0.321 e. The van der Waals surface area contributed by atoms with Gasteiger partial charge in [-0.1, -0.05) is 5.16 Å². The van der Waals surface area contributed by atoms with E-state index in [0.717, 1.165) is 18.9 Å². The molecule has 1 aromatic carbocycles. The molecule has 0 saturated carbocycles. The Labute approximate surface area is 187 Å². The minimum absolute atomic E-state index is 0.285. The number of rotatable bonds is 7. The molecule has 0 aliphatic carbocycles. The van der Waals surface area contributed by atoms with Gasteiger partial charge in [0.25, 0.3) is 0 Å². The Morgan fingerprint density at radius 2 is 2.12 bits per heavy atom. The van der Waals surface area contributed by atoms with Gasteiger partial charge >= 0.3 is 6.01 Å². The summed E-state index contributed by atoms with van der Waals surface area (Å²) in [5.74, 6) is 0.184. The summed E-state index contributed by atoms with van der Waals surface area (Å²) in [6.45, 7) is 1.68. The molecule has 33 heavy (non-hydrogen) atoms. The highest BCUT2D eigenvalue weighted by Crippen LogP contribution is 2.36. The van der Waals surface area contributed by atoms with Crippen LogP contribution in [0.5, 0.6) is 0 Å². The molecule has 11 heteroatoms. The summed E-state index contributed by atoms with van der Waals surface area (Å²) in [6.07, 6.45) is 6.73. The molecule has 170 valence electrons. The summed E-state index contributed by atoms with van der Waals surface area (Å²) in [5.41, 5.74) is 7.16. The van der Waals surface area contributed by atoms with E-state index in [2.05, 4.69) is 20.4 Å². The van der Waals surface area contributed by atoms with Crippen molar-refractivity contribution in [2.75, 3.05) is 29.9 Å². The van der Waals surface area contributed by atoms with Gasteiger partial charge in [-0.15, -0.1) is 5.10 Å². The van der Waals surface area contributed by atoms with E-state index in [9.17, 15) is 8.78 Å². The molecule has 1 saturated heterocycles. The van der Waals surface area contributed by atoms with E-state index in [0.29, 0.717) is 54.2 Å². The van der Waals surface area contributed by atoms with Crippen LogP contribution >= 0.6 is 0 Å². The van der Waals surface area contributed by atoms with Crippen molar-refractivity contribution in [2.24, 2.45) is 5.73 Å². The lowest BCUT2D eigenvalue weighted by atomic mass is 10.0. The van der Waals surface area contributed by atoms with Crippen molar-refractivity contribution < 1.29 is 13.3 Å². The highest BCUT2D eigenvalue weighted by Gasteiger charge is 2.30. The molecular formula is C22H22F2N8O. The number of fused-ring (bicyclic) bond motifs is 1. The first-order chi connectivity index (χ1) is 16.1. The molecule has 3 aromatic heterocycles. The molecular weight excluding hydrogens is 430 g/mol. The molecule has 4 aromatic rings. The van der Waals surface area contributed by atoms with Crippen molar-refractivity contribution in [1.82, 2.24) is 24.7 Å². The number of nitrogens with two attached hydrogens (primary N) is 1. The lowest BCUT2D eigenvalue weighted by molar-refractivity contribution is 0.429. The third kappa shape index (κ3) is 4.27. The van der Waals surface area contributed by atoms with E-state index >= 15 is 0 Å². The number of benzene rings is 1. The maximum atomic E-state index is 14.4. The topological polar surface area (TPSA) is 110 Å². The Bertz CT molecular complexity index is 1300. The molecule has 0 unspecified atom stereocenters. The number of hydrogen-bond acceptors (Lipinski definition) is 8. The third-order valence-corrected chi connectivity index (χ3v) is 5.50. The first-order valence-corrected chi connectivity index (χ1v) is 10.6. The normalized spacial score (nSPS) is 16.3. The SMILES string of the molecule is NCCNc1nc(/C=C/c2cnc3ccc(N4CCC[C@@H]4c4cc(F)ccc4F)nn23)no1. The molecule has 1 atom stereocenters. The van der Waals surface area contributed by atoms with Crippen molar-refractivity contribution >= 4 is 29.6 Å². The number of nitrogens with zero attached hydrogens (tertiary/aromatic N) is 6. The molecule has 1 aliphatic rings. The molecule has 0 radical (unpaired) electrons. The van der Waals surface area contributed by atoms with Crippen LogP contribution in [-0.2, 0) is 0 Å². The van der Waals surface area contributed by atoms with E-state index in [1.165, 1.54) is 12.1 Å². The maximum absolute atomic E-state index is 14.4. The molecule has 0 amide bonds. The largest absolute Gasteiger partial charge is 0.348 e. The predicted octanol–water partition coefficient (Wildman–Crippen LogP) is 3.27. The summed E-state index contributed by atoms with van der Waals surface area (Å²) < 4.78 is 35.0. The van der Waals surface area contributed by atoms with E-state index in [4.69, 9.17) is 15.4 Å². The zero-order valence-corrected chi connectivity index (χ0v) is 17.7. The zero-order valence-electron chi connectivity index (χ0n) is 17.7. The van der Waals surface area contributed by atoms with Gasteiger partial charge < -0.3 is 20.5 Å². The quantitative estimate of drug-likeness (QED) is 0.440. The highest BCUT2D eigenvalue weighted by molar-refractivity contribution is 5.66. The summed E-state index contributed by atoms with van der Waals surface area (Å²) in [6, 6.07) is 7.28. The highest BCUT2D eigenvalue weighted by atomic mass is 19.1. The third-order valence-electron chi connectivity index (χ3n) is 5.50. The Balaban J connectivity index is 1.42. The van der Waals surface area contributed by atoms with Gasteiger partial charge in [0, 0.05) is 25.2 Å². The van der Waals surface area contributed by atoms with Crippen LogP contribution in [0.4, 0.5) is 20.6 Å². The number of nitrogens with one attached hydrogen (secondary N) is 1. The summed E-state index contributed by atoms with van der Waals surface area (Å²) in [4.78, 5) is 10.6. The van der Waals surface area contributed by atoms with Gasteiger partial charge in [-0.25, -0.2) is 18.3 Å². The van der Waals surface area contributed by atoms with Crippen molar-refractivity contribution in [3.63, 3.8) is 0 Å². The van der Waals surface area contributed by atoms with E-state index in [1.807, 2.05) is 17.0 Å². The van der Waals surface area contributed by atoms with Crippen LogP contribution in [0.25, 0.3) is 17.8 Å². The Kier molecular flexibility index (Phi) is 5.69. The van der Waals surface area contributed by atoms with Crippen LogP contribution in [-0.4, -0.2) is 44.4 Å². The summed E-state index contributed by atoms with van der Waals surface area (Å²) in [5, 5.41) is 11.5. The molecule has 0 bridgehead atoms. The summed E-state index contributed by atoms with van der Waals surface area (Å²) in [7, 11) is 0. The van der Waals surface area contributed by atoms with Crippen molar-refractivity contribution in [2.45, 2.75) is 18.9 Å². The average Bonchev–Trinajstić information content (AvgIpc) is 3.57. The second-order valence-electron chi connectivity index (χ2n) is 7.67. The fourth-order valence-electron chi connectivity index (χ4n) is 4.00. The lowest BCUT2D eigenvalue weighted by Crippen LogP contribution is -2.25. The van der Waals surface area contributed by atoms with Gasteiger partial charge in [0.05, 0.1) is 17.9 Å². The van der Waals surface area contributed by atoms with Crippen molar-refractivity contribution in [3.8, 4) is 0 Å². The number of imidazole rings is 1. The van der Waals surface area contributed by atoms with Gasteiger partial charge in [0.1, 0.15) is 17.5 Å². The van der Waals surface area contributed by atoms with Crippen molar-refractivity contribution in [3.05, 3.63) is 65.2 Å². The number of aromatic nitrogens is 5. The fraction of sp³-hybridized carbons (Fsp3) is 0.273. The smallest absolute Gasteiger partial charge is 0.321 e. The molecule has 1 fully saturated rings. The minimum Gasteiger partial charge on any atom is -0.348 e. The monoisotopic (exact) mass is 452 g/mol. The average molecular weight is 452 g/mol. The second-order valence-corrected chi connectivity index (χ2v) is 7.67. The van der Waals surface area contributed by atoms with E-state index in [-0.39, 0.29) is 6.04 Å². The first kappa shape index (κ1) is 21.0. The van der Waals surface area contributed by atoms with Gasteiger partial charge in [-0.3, -0.25) is 0 Å². The number of anilines is 2. The van der Waals surface area contributed by atoms with Gasteiger partial charge in [-0.2, -0.15) is 4.98 Å². The molecule has 9 nitrogen and oxygen atoms in total. The van der Waals surface area contributed by atoms with Crippen LogP contribution in [0, 0.1) is 11.6 Å². The standard InChI is InChI=1S/C22H22F2N8O/c23-14-3-5-17(24)16(12-14)18-2-1-11-31(18)21-8-7-20-27-13-15(32(20)29-21)4-6-19-28-22(33-30-19)26-10-9-25/h3-8,12-13,18H,1-2,9-11,25H2,(H,26,28,30)/b6-4+/t18-/m1/s1. The van der Waals surface area contributed by atoms with Crippen LogP contribution in [0.1, 0.15) is 36.0 Å². The molecule has 4 heterocycles. The molecule has 0 spiro atoms. The van der Waals surface area contributed by atoms with Crippen LogP contribution in [0.2, 0.25) is 0 Å². The Morgan fingerprint density at radius 3 is 3.00 bits per heavy atom. The number of hydrogen-bond donors (Lipinski definition) is 2. The number of halogens is 2. The van der Waals surface area contributed by atoms with Crippen molar-refractivity contribution in [1.29, 1.82) is 0 Å². The molecule has 1 aliphatic heterocycles. The molecule has 3 N–H and O–H groups in total. The first-order valence-electron chi connectivity index (χ1n) is 10.6. The van der Waals surface area contributed by atoms with E-state index < -0.39 is 11.6 Å². The van der Waals surface area contributed by atoms with Gasteiger partial charge in [0.15, 0.2) is 11.5 Å². The lowest BCUT2D eigenvalue weighted by Gasteiger charge is -2.26. The Morgan fingerprint density at radius 1 is 1.21 bits per heavy atom.